The van der Waals surface area contributed by atoms with E-state index in [-0.39, 0.29) is 24.3 Å². The second-order valence-electron chi connectivity index (χ2n) is 7.20. The van der Waals surface area contributed by atoms with Crippen LogP contribution in [-0.2, 0) is 19.1 Å². The number of likely N-dealkylation sites (tertiary alicyclic amines) is 1. The van der Waals surface area contributed by atoms with E-state index >= 15 is 0 Å². The van der Waals surface area contributed by atoms with Crippen molar-refractivity contribution < 1.29 is 23.5 Å². The molecule has 0 radical (unpaired) electrons. The van der Waals surface area contributed by atoms with Crippen molar-refractivity contribution in [2.45, 2.75) is 24.9 Å². The topological polar surface area (TPSA) is 71.1 Å². The lowest BCUT2D eigenvalue weighted by Crippen LogP contribution is -2.52. The minimum absolute atomic E-state index is 0.0492. The van der Waals surface area contributed by atoms with E-state index in [1.165, 1.54) is 0 Å². The van der Waals surface area contributed by atoms with Crippen molar-refractivity contribution in [2.75, 3.05) is 65.7 Å². The molecule has 0 aromatic heterocycles. The van der Waals surface area contributed by atoms with Crippen molar-refractivity contribution in [1.82, 2.24) is 15.1 Å². The van der Waals surface area contributed by atoms with Gasteiger partial charge in [-0.3, -0.25) is 14.5 Å². The van der Waals surface area contributed by atoms with Gasteiger partial charge in [-0.15, -0.1) is 0 Å². The molecule has 0 aromatic carbocycles. The lowest BCUT2D eigenvalue weighted by molar-refractivity contribution is -0.137. The summed E-state index contributed by atoms with van der Waals surface area (Å²) >= 11 is 0. The number of alkyl halides is 1. The van der Waals surface area contributed by atoms with Crippen molar-refractivity contribution in [1.29, 1.82) is 0 Å². The van der Waals surface area contributed by atoms with Crippen molar-refractivity contribution in [3.63, 3.8) is 0 Å². The van der Waals surface area contributed by atoms with E-state index in [0.29, 0.717) is 78.4 Å². The largest absolute Gasteiger partial charge is 0.381 e. The molecule has 0 aromatic rings. The number of carbonyl (C=O) groups excluding carboxylic acids is 2. The Kier molecular flexibility index (Phi) is 6.24. The second-order valence-corrected chi connectivity index (χ2v) is 7.20. The molecule has 7 nitrogen and oxygen atoms in total. The zero-order valence-corrected chi connectivity index (χ0v) is 14.7. The first kappa shape index (κ1) is 18.5. The van der Waals surface area contributed by atoms with Crippen molar-refractivity contribution >= 4 is 11.8 Å². The molecule has 2 amide bonds. The Morgan fingerprint density at radius 3 is 2.44 bits per heavy atom. The Morgan fingerprint density at radius 1 is 1.08 bits per heavy atom. The van der Waals surface area contributed by atoms with Crippen LogP contribution in [0.4, 0.5) is 4.39 Å². The highest BCUT2D eigenvalue weighted by molar-refractivity contribution is 5.79. The SMILES string of the molecule is O=C(NCC1(F)CCN(CC(=O)N2CCOCC2)CC1)C1CCOC1. The number of amides is 2. The Bertz CT molecular complexity index is 471. The van der Waals surface area contributed by atoms with Crippen LogP contribution in [0.3, 0.4) is 0 Å². The van der Waals surface area contributed by atoms with Crippen LogP contribution in [-0.4, -0.2) is 93.0 Å². The number of morpholine rings is 1. The molecular formula is C17H28FN3O4. The first-order chi connectivity index (χ1) is 12.1. The van der Waals surface area contributed by atoms with Gasteiger partial charge in [0.2, 0.25) is 11.8 Å². The van der Waals surface area contributed by atoms with E-state index in [4.69, 9.17) is 9.47 Å². The van der Waals surface area contributed by atoms with Gasteiger partial charge < -0.3 is 19.7 Å². The van der Waals surface area contributed by atoms with E-state index < -0.39 is 5.67 Å². The average Bonchev–Trinajstić information content (AvgIpc) is 3.17. The summed E-state index contributed by atoms with van der Waals surface area (Å²) in [4.78, 5) is 28.1. The van der Waals surface area contributed by atoms with Gasteiger partial charge in [0, 0.05) is 32.8 Å². The number of halogens is 1. The fraction of sp³-hybridized carbons (Fsp3) is 0.882. The van der Waals surface area contributed by atoms with Crippen molar-refractivity contribution in [3.8, 4) is 0 Å². The standard InChI is InChI=1S/C17H28FN3O4/c18-17(13-19-16(23)14-1-8-25-12-14)2-4-20(5-3-17)11-15(22)21-6-9-24-10-7-21/h14H,1-13H2,(H,19,23). The predicted molar refractivity (Wildman–Crippen MR) is 88.8 cm³/mol. The molecule has 3 saturated heterocycles. The molecule has 0 bridgehead atoms. The third-order valence-electron chi connectivity index (χ3n) is 5.35. The number of carbonyl (C=O) groups is 2. The molecule has 0 spiro atoms. The average molecular weight is 357 g/mol. The zero-order chi connectivity index (χ0) is 17.7. The fourth-order valence-corrected chi connectivity index (χ4v) is 3.52. The minimum Gasteiger partial charge on any atom is -0.381 e. The molecule has 3 fully saturated rings. The van der Waals surface area contributed by atoms with Crippen LogP contribution < -0.4 is 5.32 Å². The highest BCUT2D eigenvalue weighted by Gasteiger charge is 2.36. The number of rotatable bonds is 5. The molecule has 1 N–H and O–H groups in total. The molecule has 0 aliphatic carbocycles. The summed E-state index contributed by atoms with van der Waals surface area (Å²) in [6, 6.07) is 0. The van der Waals surface area contributed by atoms with Gasteiger partial charge >= 0.3 is 0 Å². The van der Waals surface area contributed by atoms with Gasteiger partial charge in [-0.05, 0) is 19.3 Å². The van der Waals surface area contributed by atoms with Crippen molar-refractivity contribution in [3.05, 3.63) is 0 Å². The van der Waals surface area contributed by atoms with E-state index in [1.54, 1.807) is 0 Å². The summed E-state index contributed by atoms with van der Waals surface area (Å²) in [6.07, 6.45) is 1.39. The summed E-state index contributed by atoms with van der Waals surface area (Å²) in [5.41, 5.74) is -1.38. The van der Waals surface area contributed by atoms with Crippen LogP contribution in [0, 0.1) is 5.92 Å². The van der Waals surface area contributed by atoms with Gasteiger partial charge in [-0.1, -0.05) is 0 Å². The first-order valence-electron chi connectivity index (χ1n) is 9.18. The van der Waals surface area contributed by atoms with Gasteiger partial charge in [0.1, 0.15) is 5.67 Å². The monoisotopic (exact) mass is 357 g/mol. The van der Waals surface area contributed by atoms with E-state index in [1.807, 2.05) is 9.80 Å². The Morgan fingerprint density at radius 2 is 1.80 bits per heavy atom. The second kappa shape index (κ2) is 8.42. The third kappa shape index (κ3) is 5.12. The number of hydrogen-bond acceptors (Lipinski definition) is 5. The molecule has 0 saturated carbocycles. The summed E-state index contributed by atoms with van der Waals surface area (Å²) in [5.74, 6) is -0.168. The molecule has 1 unspecified atom stereocenters. The van der Waals surface area contributed by atoms with Crippen LogP contribution in [0.1, 0.15) is 19.3 Å². The highest BCUT2D eigenvalue weighted by atomic mass is 19.1. The third-order valence-corrected chi connectivity index (χ3v) is 5.35. The molecular weight excluding hydrogens is 329 g/mol. The lowest BCUT2D eigenvalue weighted by Gasteiger charge is -2.37. The molecule has 25 heavy (non-hydrogen) atoms. The smallest absolute Gasteiger partial charge is 0.236 e. The highest BCUT2D eigenvalue weighted by Crippen LogP contribution is 2.26. The van der Waals surface area contributed by atoms with Gasteiger partial charge in [0.15, 0.2) is 0 Å². The van der Waals surface area contributed by atoms with E-state index in [9.17, 15) is 14.0 Å². The van der Waals surface area contributed by atoms with Crippen LogP contribution in [0.25, 0.3) is 0 Å². The molecule has 3 aliphatic rings. The van der Waals surface area contributed by atoms with Crippen LogP contribution in [0.15, 0.2) is 0 Å². The van der Waals surface area contributed by atoms with Crippen LogP contribution >= 0.6 is 0 Å². The number of hydrogen-bond donors (Lipinski definition) is 1. The fourth-order valence-electron chi connectivity index (χ4n) is 3.52. The maximum absolute atomic E-state index is 14.9. The Hall–Kier alpha value is -1.25. The van der Waals surface area contributed by atoms with Gasteiger partial charge in [0.25, 0.3) is 0 Å². The molecule has 3 rings (SSSR count). The number of piperidine rings is 1. The summed E-state index contributed by atoms with van der Waals surface area (Å²) in [6.45, 7) is 4.94. The summed E-state index contributed by atoms with van der Waals surface area (Å²) in [5, 5.41) is 2.74. The number of nitrogens with one attached hydrogen (secondary N) is 1. The van der Waals surface area contributed by atoms with Crippen LogP contribution in [0.2, 0.25) is 0 Å². The Labute approximate surface area is 147 Å². The quantitative estimate of drug-likeness (QED) is 0.738. The summed E-state index contributed by atoms with van der Waals surface area (Å²) in [7, 11) is 0. The maximum Gasteiger partial charge on any atom is 0.236 e. The minimum atomic E-state index is -1.38. The summed E-state index contributed by atoms with van der Waals surface area (Å²) < 4.78 is 25.3. The van der Waals surface area contributed by atoms with Gasteiger partial charge in [-0.2, -0.15) is 0 Å². The molecule has 8 heteroatoms. The van der Waals surface area contributed by atoms with Gasteiger partial charge in [-0.25, -0.2) is 4.39 Å². The zero-order valence-electron chi connectivity index (χ0n) is 14.7. The number of ether oxygens (including phenoxy) is 2. The lowest BCUT2D eigenvalue weighted by atomic mass is 9.93. The first-order valence-corrected chi connectivity index (χ1v) is 9.18. The van der Waals surface area contributed by atoms with Gasteiger partial charge in [0.05, 0.1) is 38.8 Å². The Balaban J connectivity index is 1.38. The molecule has 142 valence electrons. The molecule has 1 atom stereocenters. The van der Waals surface area contributed by atoms with Crippen LogP contribution in [0.5, 0.6) is 0 Å². The normalized spacial score (nSPS) is 27.2. The van der Waals surface area contributed by atoms with Crippen molar-refractivity contribution in [2.24, 2.45) is 5.92 Å². The predicted octanol–water partition coefficient (Wildman–Crippen LogP) is -0.198. The molecule has 3 heterocycles. The molecule has 3 aliphatic heterocycles. The maximum atomic E-state index is 14.9. The number of nitrogens with zero attached hydrogens (tertiary/aromatic N) is 2. The van der Waals surface area contributed by atoms with E-state index in [2.05, 4.69) is 5.32 Å². The van der Waals surface area contributed by atoms with E-state index in [0.717, 1.165) is 0 Å².